The third kappa shape index (κ3) is 3.57. The van der Waals surface area contributed by atoms with Crippen LogP contribution in [0.2, 0.25) is 0 Å². The molecule has 1 heterocycles. The minimum Gasteiger partial charge on any atom is -0.492 e. The molecule has 0 spiro atoms. The molecule has 0 saturated heterocycles. The molecule has 2 N–H and O–H groups in total. The van der Waals surface area contributed by atoms with E-state index in [4.69, 9.17) is 9.84 Å². The summed E-state index contributed by atoms with van der Waals surface area (Å²) in [5, 5.41) is 11.8. The average Bonchev–Trinajstić information content (AvgIpc) is 2.77. The normalized spacial score (nSPS) is 14.0. The van der Waals surface area contributed by atoms with Gasteiger partial charge >= 0.3 is 0 Å². The monoisotopic (exact) mass is 318 g/mol. The Morgan fingerprint density at radius 2 is 2.09 bits per heavy atom. The second-order valence-electron chi connectivity index (χ2n) is 4.90. The quantitative estimate of drug-likeness (QED) is 0.574. The van der Waals surface area contributed by atoms with Crippen molar-refractivity contribution in [3.8, 4) is 5.75 Å². The molecule has 0 bridgehead atoms. The average molecular weight is 318 g/mol. The zero-order valence-electron chi connectivity index (χ0n) is 13.0. The summed E-state index contributed by atoms with van der Waals surface area (Å²) < 4.78 is 5.47. The Labute approximate surface area is 133 Å². The molecular formula is C16H18N2O5. The third-order valence-corrected chi connectivity index (χ3v) is 3.29. The van der Waals surface area contributed by atoms with Gasteiger partial charge in [0, 0.05) is 11.6 Å². The van der Waals surface area contributed by atoms with Gasteiger partial charge < -0.3 is 15.2 Å². The number of benzene rings is 1. The van der Waals surface area contributed by atoms with Crippen LogP contribution in [0.15, 0.2) is 30.0 Å². The molecule has 0 radical (unpaired) electrons. The van der Waals surface area contributed by atoms with Gasteiger partial charge in [0.1, 0.15) is 11.4 Å². The van der Waals surface area contributed by atoms with Crippen LogP contribution in [0, 0.1) is 0 Å². The van der Waals surface area contributed by atoms with Crippen LogP contribution in [-0.4, -0.2) is 47.4 Å². The van der Waals surface area contributed by atoms with Crippen molar-refractivity contribution in [1.29, 1.82) is 0 Å². The van der Waals surface area contributed by atoms with Crippen molar-refractivity contribution in [2.45, 2.75) is 13.8 Å². The summed E-state index contributed by atoms with van der Waals surface area (Å²) in [7, 11) is 0. The maximum atomic E-state index is 12.2. The number of ether oxygens (including phenoxy) is 1. The van der Waals surface area contributed by atoms with Crippen molar-refractivity contribution in [3.63, 3.8) is 0 Å². The van der Waals surface area contributed by atoms with Crippen LogP contribution in [-0.2, 0) is 9.59 Å². The highest BCUT2D eigenvalue weighted by molar-refractivity contribution is 6.17. The highest BCUT2D eigenvalue weighted by Gasteiger charge is 2.31. The number of hydrogen-bond donors (Lipinski definition) is 2. The Balaban J connectivity index is 2.30. The van der Waals surface area contributed by atoms with E-state index in [2.05, 4.69) is 5.32 Å². The molecule has 1 aliphatic rings. The van der Waals surface area contributed by atoms with Crippen LogP contribution in [0.25, 0.3) is 0 Å². The van der Waals surface area contributed by atoms with E-state index in [9.17, 15) is 14.4 Å². The van der Waals surface area contributed by atoms with Gasteiger partial charge in [-0.15, -0.1) is 0 Å². The van der Waals surface area contributed by atoms with Gasteiger partial charge in [-0.05, 0) is 32.0 Å². The summed E-state index contributed by atoms with van der Waals surface area (Å²) in [6, 6.07) is 4.84. The Morgan fingerprint density at radius 1 is 1.35 bits per heavy atom. The zero-order valence-corrected chi connectivity index (χ0v) is 13.0. The van der Waals surface area contributed by atoms with E-state index in [1.54, 1.807) is 18.2 Å². The maximum absolute atomic E-state index is 12.2. The van der Waals surface area contributed by atoms with E-state index >= 15 is 0 Å². The molecule has 0 unspecified atom stereocenters. The number of hydrogen-bond acceptors (Lipinski definition) is 6. The Bertz CT molecular complexity index is 681. The van der Waals surface area contributed by atoms with Crippen molar-refractivity contribution >= 4 is 23.3 Å². The number of Topliss-reactive ketones (excluding diaryl/α,β-unsaturated/α-hetero) is 1. The number of ketones is 1. The number of aliphatic hydroxyl groups is 1. The molecule has 122 valence electrons. The van der Waals surface area contributed by atoms with Gasteiger partial charge in [0.25, 0.3) is 11.8 Å². The first kappa shape index (κ1) is 16.7. The topological polar surface area (TPSA) is 95.9 Å². The van der Waals surface area contributed by atoms with Crippen molar-refractivity contribution in [2.75, 3.05) is 25.1 Å². The van der Waals surface area contributed by atoms with E-state index in [0.29, 0.717) is 23.6 Å². The number of carbonyl (C=O) groups excluding carboxylic acids is 3. The maximum Gasteiger partial charge on any atom is 0.277 e. The van der Waals surface area contributed by atoms with E-state index in [0.717, 1.165) is 11.0 Å². The first-order valence-electron chi connectivity index (χ1n) is 7.21. The minimum absolute atomic E-state index is 0.0643. The molecular weight excluding hydrogens is 300 g/mol. The van der Waals surface area contributed by atoms with Gasteiger partial charge in [-0.3, -0.25) is 19.3 Å². The molecule has 7 heteroatoms. The SMILES string of the molecule is CCOc1ccc(C(C)=O)cc1NC1=CC(=O)N(CCO)C1=O. The van der Waals surface area contributed by atoms with Gasteiger partial charge in [0.2, 0.25) is 0 Å². The van der Waals surface area contributed by atoms with Crippen molar-refractivity contribution in [3.05, 3.63) is 35.5 Å². The molecule has 1 aliphatic heterocycles. The van der Waals surface area contributed by atoms with Gasteiger partial charge in [0.05, 0.1) is 25.4 Å². The van der Waals surface area contributed by atoms with Gasteiger partial charge in [-0.1, -0.05) is 0 Å². The molecule has 0 aromatic heterocycles. The largest absolute Gasteiger partial charge is 0.492 e. The summed E-state index contributed by atoms with van der Waals surface area (Å²) in [6.07, 6.45) is 1.16. The highest BCUT2D eigenvalue weighted by atomic mass is 16.5. The molecule has 0 saturated carbocycles. The first-order valence-corrected chi connectivity index (χ1v) is 7.21. The molecule has 7 nitrogen and oxygen atoms in total. The Hall–Kier alpha value is -2.67. The van der Waals surface area contributed by atoms with E-state index < -0.39 is 11.8 Å². The first-order chi connectivity index (χ1) is 11.0. The predicted molar refractivity (Wildman–Crippen MR) is 83.1 cm³/mol. The van der Waals surface area contributed by atoms with Crippen molar-refractivity contribution < 1.29 is 24.2 Å². The minimum atomic E-state index is -0.528. The zero-order chi connectivity index (χ0) is 17.0. The molecule has 23 heavy (non-hydrogen) atoms. The number of nitrogens with zero attached hydrogens (tertiary/aromatic N) is 1. The van der Waals surface area contributed by atoms with Crippen LogP contribution in [0.1, 0.15) is 24.2 Å². The summed E-state index contributed by atoms with van der Waals surface area (Å²) in [6.45, 7) is 3.30. The highest BCUT2D eigenvalue weighted by Crippen LogP contribution is 2.28. The molecule has 0 atom stereocenters. The Kier molecular flexibility index (Phi) is 5.13. The molecule has 2 amide bonds. The summed E-state index contributed by atoms with van der Waals surface area (Å²) in [4.78, 5) is 36.4. The lowest BCUT2D eigenvalue weighted by Crippen LogP contribution is -2.34. The number of aliphatic hydroxyl groups excluding tert-OH is 1. The van der Waals surface area contributed by atoms with Crippen LogP contribution in [0.4, 0.5) is 5.69 Å². The van der Waals surface area contributed by atoms with Crippen LogP contribution in [0.3, 0.4) is 0 Å². The molecule has 1 aromatic rings. The van der Waals surface area contributed by atoms with Gasteiger partial charge in [-0.2, -0.15) is 0 Å². The lowest BCUT2D eigenvalue weighted by molar-refractivity contribution is -0.137. The lowest BCUT2D eigenvalue weighted by atomic mass is 10.1. The van der Waals surface area contributed by atoms with Gasteiger partial charge in [0.15, 0.2) is 5.78 Å². The molecule has 0 fully saturated rings. The number of β-amino-alcohol motifs (C(OH)–C–C–N with tert-alkyl or cyclic N) is 1. The molecule has 2 rings (SSSR count). The van der Waals surface area contributed by atoms with Gasteiger partial charge in [-0.25, -0.2) is 0 Å². The molecule has 0 aliphatic carbocycles. The number of anilines is 1. The number of imide groups is 1. The fourth-order valence-corrected chi connectivity index (χ4v) is 2.18. The van der Waals surface area contributed by atoms with E-state index in [1.807, 2.05) is 6.92 Å². The predicted octanol–water partition coefficient (Wildman–Crippen LogP) is 0.945. The molecule has 1 aromatic carbocycles. The number of rotatable bonds is 7. The van der Waals surface area contributed by atoms with E-state index in [1.165, 1.54) is 6.92 Å². The third-order valence-electron chi connectivity index (χ3n) is 3.29. The number of amides is 2. The summed E-state index contributed by atoms with van der Waals surface area (Å²) in [5.74, 6) is -0.674. The number of carbonyl (C=O) groups is 3. The van der Waals surface area contributed by atoms with Crippen LogP contribution in [0.5, 0.6) is 5.75 Å². The fourth-order valence-electron chi connectivity index (χ4n) is 2.18. The summed E-state index contributed by atoms with van der Waals surface area (Å²) in [5.41, 5.74) is 0.962. The van der Waals surface area contributed by atoms with Crippen LogP contribution >= 0.6 is 0 Å². The van der Waals surface area contributed by atoms with Crippen LogP contribution < -0.4 is 10.1 Å². The van der Waals surface area contributed by atoms with E-state index in [-0.39, 0.29) is 24.6 Å². The smallest absolute Gasteiger partial charge is 0.277 e. The second-order valence-corrected chi connectivity index (χ2v) is 4.90. The standard InChI is InChI=1S/C16H18N2O5/c1-3-23-14-5-4-11(10(2)20)8-12(14)17-13-9-15(21)18(6-7-19)16(13)22/h4-5,8-9,17,19H,3,6-7H2,1-2H3. The van der Waals surface area contributed by atoms with Crippen molar-refractivity contribution in [2.24, 2.45) is 0 Å². The van der Waals surface area contributed by atoms with Crippen molar-refractivity contribution in [1.82, 2.24) is 4.90 Å². The number of nitrogens with one attached hydrogen (secondary N) is 1. The Morgan fingerprint density at radius 3 is 2.70 bits per heavy atom. The lowest BCUT2D eigenvalue weighted by Gasteiger charge is -2.15. The second kappa shape index (κ2) is 7.06. The summed E-state index contributed by atoms with van der Waals surface area (Å²) >= 11 is 0. The fraction of sp³-hybridized carbons (Fsp3) is 0.312.